The van der Waals surface area contributed by atoms with Crippen LogP contribution >= 0.6 is 0 Å². The molecule has 1 saturated heterocycles. The summed E-state index contributed by atoms with van der Waals surface area (Å²) in [4.78, 5) is 28.3. The number of carbonyl (C=O) groups excluding carboxylic acids is 2. The van der Waals surface area contributed by atoms with E-state index in [0.717, 1.165) is 55.4 Å². The Hall–Kier alpha value is -3.28. The van der Waals surface area contributed by atoms with E-state index >= 15 is 0 Å². The second kappa shape index (κ2) is 8.58. The number of ether oxygens (including phenoxy) is 2. The van der Waals surface area contributed by atoms with E-state index in [4.69, 9.17) is 9.47 Å². The molecule has 2 unspecified atom stereocenters. The number of methoxy groups -OCH3 is 1. The average Bonchev–Trinajstić information content (AvgIpc) is 3.34. The molecule has 2 fully saturated rings. The van der Waals surface area contributed by atoms with Gasteiger partial charge in [-0.15, -0.1) is 0 Å². The molecular weight excluding hydrogens is 418 g/mol. The van der Waals surface area contributed by atoms with Crippen LogP contribution in [0.25, 0.3) is 5.76 Å². The predicted molar refractivity (Wildman–Crippen MR) is 124 cm³/mol. The highest BCUT2D eigenvalue weighted by Crippen LogP contribution is 2.44. The van der Waals surface area contributed by atoms with E-state index in [2.05, 4.69) is 0 Å². The van der Waals surface area contributed by atoms with Crippen LogP contribution in [0.15, 0.2) is 48.0 Å². The molecule has 2 atom stereocenters. The molecule has 2 aromatic carbocycles. The van der Waals surface area contributed by atoms with Gasteiger partial charge in [-0.2, -0.15) is 0 Å². The van der Waals surface area contributed by atoms with E-state index in [1.54, 1.807) is 18.1 Å². The number of amides is 1. The zero-order valence-corrected chi connectivity index (χ0v) is 19.0. The number of aliphatic hydroxyl groups is 1. The number of ketones is 1. The fourth-order valence-electron chi connectivity index (χ4n) is 5.45. The van der Waals surface area contributed by atoms with Crippen LogP contribution in [0.4, 0.5) is 0 Å². The van der Waals surface area contributed by atoms with Crippen molar-refractivity contribution in [2.24, 2.45) is 0 Å². The predicted octanol–water partition coefficient (Wildman–Crippen LogP) is 4.77. The molecule has 2 aromatic rings. The summed E-state index contributed by atoms with van der Waals surface area (Å²) in [6.07, 6.45) is 5.74. The van der Waals surface area contributed by atoms with Gasteiger partial charge >= 0.3 is 0 Å². The molecule has 2 aliphatic heterocycles. The van der Waals surface area contributed by atoms with Crippen LogP contribution in [0.3, 0.4) is 0 Å². The molecule has 2 heterocycles. The molecule has 172 valence electrons. The summed E-state index contributed by atoms with van der Waals surface area (Å²) in [5.74, 6) is 0.142. The van der Waals surface area contributed by atoms with Crippen LogP contribution in [0.5, 0.6) is 11.5 Å². The van der Waals surface area contributed by atoms with Crippen molar-refractivity contribution in [2.75, 3.05) is 7.11 Å². The Morgan fingerprint density at radius 3 is 2.64 bits per heavy atom. The Morgan fingerprint density at radius 1 is 1.09 bits per heavy atom. The molecule has 0 aromatic heterocycles. The first-order valence-electron chi connectivity index (χ1n) is 11.7. The van der Waals surface area contributed by atoms with Crippen molar-refractivity contribution < 1.29 is 24.2 Å². The van der Waals surface area contributed by atoms with E-state index in [9.17, 15) is 14.7 Å². The van der Waals surface area contributed by atoms with Crippen LogP contribution in [0, 0.1) is 0 Å². The van der Waals surface area contributed by atoms with Gasteiger partial charge in [0.25, 0.3) is 11.7 Å². The minimum absolute atomic E-state index is 0.0222. The lowest BCUT2D eigenvalue weighted by molar-refractivity contribution is -0.141. The monoisotopic (exact) mass is 447 g/mol. The fourth-order valence-corrected chi connectivity index (χ4v) is 5.45. The number of carbonyl (C=O) groups is 2. The minimum Gasteiger partial charge on any atom is -0.507 e. The molecule has 1 aliphatic carbocycles. The topological polar surface area (TPSA) is 76.1 Å². The lowest BCUT2D eigenvalue weighted by Gasteiger charge is -2.35. The van der Waals surface area contributed by atoms with E-state index in [-0.39, 0.29) is 23.5 Å². The summed E-state index contributed by atoms with van der Waals surface area (Å²) in [6, 6.07) is 12.2. The standard InChI is InChI=1S/C27H29NO5/c1-16-13-19-14-18(11-12-22(19)33-16)25(29)23-24(17-7-6-10-21(15-17)32-2)28(27(31)26(23)30)20-8-4-3-5-9-20/h6-7,10-12,14-16,20,24,29H,3-5,8-9,13H2,1-2H3/b25-23-. The SMILES string of the molecule is COc1cccc(C2/C(=C(/O)c3ccc4c(c3)CC(C)O4)C(=O)C(=O)N2C2CCCCC2)c1. The van der Waals surface area contributed by atoms with Crippen molar-refractivity contribution in [3.63, 3.8) is 0 Å². The van der Waals surface area contributed by atoms with Crippen molar-refractivity contribution in [1.29, 1.82) is 0 Å². The van der Waals surface area contributed by atoms with Crippen LogP contribution in [-0.2, 0) is 16.0 Å². The van der Waals surface area contributed by atoms with Gasteiger partial charge < -0.3 is 19.5 Å². The molecule has 1 N–H and O–H groups in total. The molecule has 3 aliphatic rings. The maximum absolute atomic E-state index is 13.3. The summed E-state index contributed by atoms with van der Waals surface area (Å²) in [7, 11) is 1.59. The number of aliphatic hydroxyl groups excluding tert-OH is 1. The minimum atomic E-state index is -0.647. The normalized spacial score (nSPS) is 24.6. The number of hydrogen-bond acceptors (Lipinski definition) is 5. The summed E-state index contributed by atoms with van der Waals surface area (Å²) < 4.78 is 11.2. The third kappa shape index (κ3) is 3.77. The highest BCUT2D eigenvalue weighted by Gasteiger charge is 2.49. The van der Waals surface area contributed by atoms with Gasteiger partial charge in [0, 0.05) is 18.0 Å². The van der Waals surface area contributed by atoms with E-state index < -0.39 is 17.7 Å². The largest absolute Gasteiger partial charge is 0.507 e. The summed E-state index contributed by atoms with van der Waals surface area (Å²) in [6.45, 7) is 2.00. The van der Waals surface area contributed by atoms with Crippen LogP contribution in [0.1, 0.15) is 61.8 Å². The smallest absolute Gasteiger partial charge is 0.295 e. The first-order chi connectivity index (χ1) is 16.0. The van der Waals surface area contributed by atoms with E-state index in [0.29, 0.717) is 11.3 Å². The third-order valence-corrected chi connectivity index (χ3v) is 7.03. The molecule has 1 saturated carbocycles. The second-order valence-electron chi connectivity index (χ2n) is 9.23. The second-order valence-corrected chi connectivity index (χ2v) is 9.23. The number of Topliss-reactive ketones (excluding diaryl/α,β-unsaturated/α-hetero) is 1. The number of likely N-dealkylation sites (tertiary alicyclic amines) is 1. The zero-order chi connectivity index (χ0) is 23.1. The third-order valence-electron chi connectivity index (χ3n) is 7.03. The first kappa shape index (κ1) is 21.6. The summed E-state index contributed by atoms with van der Waals surface area (Å²) in [5.41, 5.74) is 2.43. The van der Waals surface area contributed by atoms with Gasteiger partial charge in [-0.1, -0.05) is 31.4 Å². The number of fused-ring (bicyclic) bond motifs is 1. The van der Waals surface area contributed by atoms with Gasteiger partial charge in [-0.05, 0) is 61.2 Å². The van der Waals surface area contributed by atoms with Gasteiger partial charge in [0.2, 0.25) is 0 Å². The zero-order valence-electron chi connectivity index (χ0n) is 19.0. The van der Waals surface area contributed by atoms with E-state index in [1.807, 2.05) is 43.3 Å². The first-order valence-corrected chi connectivity index (χ1v) is 11.7. The van der Waals surface area contributed by atoms with Crippen molar-refractivity contribution in [3.8, 4) is 11.5 Å². The summed E-state index contributed by atoms with van der Waals surface area (Å²) >= 11 is 0. The number of hydrogen-bond donors (Lipinski definition) is 1. The molecule has 5 rings (SSSR count). The van der Waals surface area contributed by atoms with Crippen molar-refractivity contribution in [2.45, 2.75) is 63.6 Å². The molecule has 1 amide bonds. The van der Waals surface area contributed by atoms with Gasteiger partial charge in [0.1, 0.15) is 23.4 Å². The Balaban J connectivity index is 1.64. The average molecular weight is 448 g/mol. The van der Waals surface area contributed by atoms with Gasteiger partial charge in [-0.25, -0.2) is 0 Å². The van der Waals surface area contributed by atoms with Crippen molar-refractivity contribution >= 4 is 17.4 Å². The van der Waals surface area contributed by atoms with E-state index in [1.165, 1.54) is 0 Å². The number of nitrogens with zero attached hydrogens (tertiary/aromatic N) is 1. The van der Waals surface area contributed by atoms with Gasteiger partial charge in [0.15, 0.2) is 0 Å². The Morgan fingerprint density at radius 2 is 1.88 bits per heavy atom. The molecule has 0 spiro atoms. The molecule has 6 heteroatoms. The fraction of sp³-hybridized carbons (Fsp3) is 0.407. The number of rotatable bonds is 4. The molecule has 33 heavy (non-hydrogen) atoms. The quantitative estimate of drug-likeness (QED) is 0.415. The Labute approximate surface area is 193 Å². The maximum Gasteiger partial charge on any atom is 0.295 e. The Kier molecular flexibility index (Phi) is 5.60. The van der Waals surface area contributed by atoms with Crippen LogP contribution in [0.2, 0.25) is 0 Å². The lowest BCUT2D eigenvalue weighted by Crippen LogP contribution is -2.40. The Bertz CT molecular complexity index is 1130. The van der Waals surface area contributed by atoms with Crippen molar-refractivity contribution in [1.82, 2.24) is 4.90 Å². The maximum atomic E-state index is 13.3. The lowest BCUT2D eigenvalue weighted by atomic mass is 9.90. The van der Waals surface area contributed by atoms with Gasteiger partial charge in [-0.3, -0.25) is 9.59 Å². The summed E-state index contributed by atoms with van der Waals surface area (Å²) in [5, 5.41) is 11.4. The highest BCUT2D eigenvalue weighted by molar-refractivity contribution is 6.46. The van der Waals surface area contributed by atoms with Crippen LogP contribution < -0.4 is 9.47 Å². The molecular formula is C27H29NO5. The molecule has 0 radical (unpaired) electrons. The van der Waals surface area contributed by atoms with Gasteiger partial charge in [0.05, 0.1) is 18.7 Å². The number of benzene rings is 2. The van der Waals surface area contributed by atoms with Crippen molar-refractivity contribution in [3.05, 3.63) is 64.7 Å². The highest BCUT2D eigenvalue weighted by atomic mass is 16.5. The molecule has 0 bridgehead atoms. The molecule has 6 nitrogen and oxygen atoms in total. The van der Waals surface area contributed by atoms with Crippen LogP contribution in [-0.4, -0.2) is 41.0 Å².